The number of nitrogens with one attached hydrogen (secondary N) is 1. The summed E-state index contributed by atoms with van der Waals surface area (Å²) in [6.07, 6.45) is 1.04. The van der Waals surface area contributed by atoms with E-state index in [1.807, 2.05) is 13.8 Å². The molecule has 0 aromatic rings. The van der Waals surface area contributed by atoms with Crippen LogP contribution in [0.15, 0.2) is 0 Å². The van der Waals surface area contributed by atoms with Crippen molar-refractivity contribution in [2.75, 3.05) is 6.54 Å². The van der Waals surface area contributed by atoms with E-state index < -0.39 is 0 Å². The molecule has 0 bridgehead atoms. The number of hydrogen-bond donors (Lipinski definition) is 1. The van der Waals surface area contributed by atoms with Crippen LogP contribution in [0, 0.1) is 5.92 Å². The minimum Gasteiger partial charge on any atom is -0.159 e. The van der Waals surface area contributed by atoms with Gasteiger partial charge >= 0.3 is 0 Å². The van der Waals surface area contributed by atoms with Gasteiger partial charge in [-0.2, -0.15) is 5.54 Å². The Morgan fingerprint density at radius 3 is 2.25 bits per heavy atom. The number of halogens is 2. The average molecular weight is 142 g/mol. The van der Waals surface area contributed by atoms with E-state index in [4.69, 9.17) is 0 Å². The van der Waals surface area contributed by atoms with Crippen LogP contribution in [0.2, 0.25) is 0 Å². The van der Waals surface area contributed by atoms with Crippen LogP contribution >= 0.6 is 12.4 Å². The molecule has 8 heavy (non-hydrogen) atoms. The molecule has 0 amide bonds. The third-order valence-corrected chi connectivity index (χ3v) is 1.12. The first-order chi connectivity index (χ1) is 3.31. The predicted octanol–water partition coefficient (Wildman–Crippen LogP) is 1.93. The lowest BCUT2D eigenvalue weighted by molar-refractivity contribution is 0.298. The Bertz CT molecular complexity index is 43.4. The van der Waals surface area contributed by atoms with Crippen LogP contribution in [0.1, 0.15) is 20.3 Å². The molecule has 0 aromatic heterocycles. The first kappa shape index (κ1) is 11.0. The minimum atomic E-state index is 0. The Labute approximate surface area is 56.0 Å². The molecule has 3 heteroatoms. The average Bonchev–Trinajstić information content (AvgIpc) is 1.68. The fourth-order valence-electron chi connectivity index (χ4n) is 0.276. The maximum atomic E-state index is 11.2. The van der Waals surface area contributed by atoms with Gasteiger partial charge in [-0.15, -0.1) is 16.9 Å². The third-order valence-electron chi connectivity index (χ3n) is 1.12. The standard InChI is InChI=1S/C5H12FN.ClH/c1-3-5(2)4-7-6;/h5,7H,3-4H2,1-2H3;1H. The van der Waals surface area contributed by atoms with Crippen molar-refractivity contribution in [2.45, 2.75) is 20.3 Å². The Kier molecular flexibility index (Phi) is 9.91. The van der Waals surface area contributed by atoms with Crippen molar-refractivity contribution in [3.8, 4) is 0 Å². The van der Waals surface area contributed by atoms with Gasteiger partial charge in [0.2, 0.25) is 0 Å². The SMILES string of the molecule is CCC(C)CNF.Cl. The number of hydrogen-bond acceptors (Lipinski definition) is 1. The van der Waals surface area contributed by atoms with Gasteiger partial charge in [0.05, 0.1) is 0 Å². The minimum absolute atomic E-state index is 0. The highest BCUT2D eigenvalue weighted by Gasteiger charge is 1.93. The van der Waals surface area contributed by atoms with E-state index >= 15 is 0 Å². The van der Waals surface area contributed by atoms with Crippen LogP contribution in [0.5, 0.6) is 0 Å². The largest absolute Gasteiger partial charge is 0.159 e. The van der Waals surface area contributed by atoms with Crippen molar-refractivity contribution < 1.29 is 4.48 Å². The molecule has 1 atom stereocenters. The molecule has 0 spiro atoms. The number of rotatable bonds is 3. The fraction of sp³-hybridized carbons (Fsp3) is 1.00. The van der Waals surface area contributed by atoms with Gasteiger partial charge in [0.15, 0.2) is 0 Å². The van der Waals surface area contributed by atoms with Gasteiger partial charge in [0.1, 0.15) is 0 Å². The summed E-state index contributed by atoms with van der Waals surface area (Å²) in [6.45, 7) is 4.53. The molecular formula is C5H13ClFN. The van der Waals surface area contributed by atoms with Crippen LogP contribution in [0.3, 0.4) is 0 Å². The molecule has 0 fully saturated rings. The fourth-order valence-corrected chi connectivity index (χ4v) is 0.276. The quantitative estimate of drug-likeness (QED) is 0.593. The molecule has 1 unspecified atom stereocenters. The highest BCUT2D eigenvalue weighted by atomic mass is 35.5. The monoisotopic (exact) mass is 141 g/mol. The summed E-state index contributed by atoms with van der Waals surface area (Å²) in [5.41, 5.74) is 1.62. The van der Waals surface area contributed by atoms with Gasteiger partial charge in [-0.25, -0.2) is 0 Å². The van der Waals surface area contributed by atoms with Crippen molar-refractivity contribution in [3.63, 3.8) is 0 Å². The zero-order valence-corrected chi connectivity index (χ0v) is 6.09. The summed E-state index contributed by atoms with van der Waals surface area (Å²) in [7, 11) is 0. The van der Waals surface area contributed by atoms with Gasteiger partial charge in [0.25, 0.3) is 0 Å². The molecule has 0 saturated heterocycles. The maximum Gasteiger partial charge on any atom is 0.0285 e. The molecule has 0 saturated carbocycles. The second-order valence-electron chi connectivity index (χ2n) is 1.85. The molecule has 0 rings (SSSR count). The Balaban J connectivity index is 0. The van der Waals surface area contributed by atoms with Crippen LogP contribution in [-0.2, 0) is 0 Å². The van der Waals surface area contributed by atoms with E-state index in [2.05, 4.69) is 0 Å². The molecule has 1 N–H and O–H groups in total. The van der Waals surface area contributed by atoms with Gasteiger partial charge in [0, 0.05) is 6.54 Å². The van der Waals surface area contributed by atoms with Gasteiger partial charge in [-0.1, -0.05) is 20.3 Å². The normalized spacial score (nSPS) is 12.4. The van der Waals surface area contributed by atoms with E-state index in [1.165, 1.54) is 0 Å². The lowest BCUT2D eigenvalue weighted by Gasteiger charge is -2.01. The first-order valence-corrected chi connectivity index (χ1v) is 2.64. The van der Waals surface area contributed by atoms with E-state index in [0.29, 0.717) is 12.5 Å². The van der Waals surface area contributed by atoms with Crippen molar-refractivity contribution in [1.29, 1.82) is 0 Å². The van der Waals surface area contributed by atoms with Crippen molar-refractivity contribution >= 4 is 12.4 Å². The molecule has 0 radical (unpaired) electrons. The highest BCUT2D eigenvalue weighted by molar-refractivity contribution is 5.85. The summed E-state index contributed by atoms with van der Waals surface area (Å²) in [6, 6.07) is 0. The smallest absolute Gasteiger partial charge is 0.0285 e. The lowest BCUT2D eigenvalue weighted by atomic mass is 10.1. The van der Waals surface area contributed by atoms with Crippen molar-refractivity contribution in [2.24, 2.45) is 5.92 Å². The molecule has 52 valence electrons. The molecule has 0 aliphatic carbocycles. The van der Waals surface area contributed by atoms with Crippen LogP contribution in [-0.4, -0.2) is 6.54 Å². The molecule has 1 nitrogen and oxygen atoms in total. The Morgan fingerprint density at radius 2 is 2.12 bits per heavy atom. The Hall–Kier alpha value is 0.180. The highest BCUT2D eigenvalue weighted by Crippen LogP contribution is 1.96. The lowest BCUT2D eigenvalue weighted by Crippen LogP contribution is -2.11. The van der Waals surface area contributed by atoms with Crippen molar-refractivity contribution in [1.82, 2.24) is 5.54 Å². The van der Waals surface area contributed by atoms with E-state index in [1.54, 1.807) is 5.54 Å². The van der Waals surface area contributed by atoms with E-state index in [9.17, 15) is 4.48 Å². The third kappa shape index (κ3) is 6.18. The van der Waals surface area contributed by atoms with Gasteiger partial charge < -0.3 is 0 Å². The zero-order valence-electron chi connectivity index (χ0n) is 5.28. The maximum absolute atomic E-state index is 11.2. The summed E-state index contributed by atoms with van der Waals surface area (Å²) >= 11 is 0. The van der Waals surface area contributed by atoms with Crippen LogP contribution < -0.4 is 5.54 Å². The van der Waals surface area contributed by atoms with Crippen molar-refractivity contribution in [3.05, 3.63) is 0 Å². The van der Waals surface area contributed by atoms with Crippen LogP contribution in [0.25, 0.3) is 0 Å². The van der Waals surface area contributed by atoms with Crippen LogP contribution in [0.4, 0.5) is 4.48 Å². The molecule has 0 heterocycles. The second-order valence-corrected chi connectivity index (χ2v) is 1.85. The zero-order chi connectivity index (χ0) is 5.70. The summed E-state index contributed by atoms with van der Waals surface area (Å²) in [5.74, 6) is 0.463. The van der Waals surface area contributed by atoms with Gasteiger partial charge in [-0.3, -0.25) is 0 Å². The molecule has 0 aliphatic heterocycles. The van der Waals surface area contributed by atoms with Gasteiger partial charge in [-0.05, 0) is 5.92 Å². The molecule has 0 aromatic carbocycles. The first-order valence-electron chi connectivity index (χ1n) is 2.64. The van der Waals surface area contributed by atoms with E-state index in [0.717, 1.165) is 6.42 Å². The summed E-state index contributed by atoms with van der Waals surface area (Å²) < 4.78 is 11.2. The van der Waals surface area contributed by atoms with E-state index in [-0.39, 0.29) is 12.4 Å². The predicted molar refractivity (Wildman–Crippen MR) is 35.8 cm³/mol. The topological polar surface area (TPSA) is 12.0 Å². The molecule has 0 aliphatic rings. The molecular weight excluding hydrogens is 129 g/mol. The second kappa shape index (κ2) is 7.18. The Morgan fingerprint density at radius 1 is 1.62 bits per heavy atom. The summed E-state index contributed by atoms with van der Waals surface area (Å²) in [4.78, 5) is 0. The summed E-state index contributed by atoms with van der Waals surface area (Å²) in [5, 5.41) is 0.